The number of benzene rings is 1. The Bertz CT molecular complexity index is 457. The van der Waals surface area contributed by atoms with E-state index in [1.165, 1.54) is 19.2 Å². The summed E-state index contributed by atoms with van der Waals surface area (Å²) in [7, 11) is 1.46. The highest BCUT2D eigenvalue weighted by atomic mass is 19.1. The topological polar surface area (TPSA) is 29.5 Å². The summed E-state index contributed by atoms with van der Waals surface area (Å²) in [5, 5.41) is 0. The number of carbonyl (C=O) groups is 1. The molecule has 1 aromatic carbocycles. The van der Waals surface area contributed by atoms with Crippen molar-refractivity contribution in [3.8, 4) is 5.75 Å². The van der Waals surface area contributed by atoms with Crippen LogP contribution in [0.5, 0.6) is 5.75 Å². The first-order chi connectivity index (χ1) is 8.22. The first-order valence-corrected chi connectivity index (χ1v) is 5.50. The first kappa shape index (κ1) is 11.6. The molecule has 4 heteroatoms. The Labute approximate surface area is 99.5 Å². The maximum atomic E-state index is 13.7. The largest absolute Gasteiger partial charge is 0.497 e. The van der Waals surface area contributed by atoms with Crippen molar-refractivity contribution in [3.05, 3.63) is 41.7 Å². The lowest BCUT2D eigenvalue weighted by Crippen LogP contribution is -2.34. The van der Waals surface area contributed by atoms with Gasteiger partial charge in [0.05, 0.1) is 12.7 Å². The van der Waals surface area contributed by atoms with Crippen molar-refractivity contribution in [1.82, 2.24) is 4.90 Å². The van der Waals surface area contributed by atoms with Crippen molar-refractivity contribution in [2.75, 3.05) is 20.2 Å². The van der Waals surface area contributed by atoms with Crippen LogP contribution in [0, 0.1) is 5.82 Å². The lowest BCUT2D eigenvalue weighted by molar-refractivity contribution is 0.0766. The van der Waals surface area contributed by atoms with Gasteiger partial charge in [-0.1, -0.05) is 12.2 Å². The molecular formula is C13H14FNO2. The van der Waals surface area contributed by atoms with E-state index in [1.54, 1.807) is 11.0 Å². The van der Waals surface area contributed by atoms with E-state index in [-0.39, 0.29) is 11.5 Å². The first-order valence-electron chi connectivity index (χ1n) is 5.50. The Kier molecular flexibility index (Phi) is 3.42. The molecule has 3 nitrogen and oxygen atoms in total. The quantitative estimate of drug-likeness (QED) is 0.736. The predicted octanol–water partition coefficient (Wildman–Crippen LogP) is 2.24. The van der Waals surface area contributed by atoms with Crippen LogP contribution in [-0.2, 0) is 0 Å². The number of nitrogens with zero attached hydrogens (tertiary/aromatic N) is 1. The zero-order valence-corrected chi connectivity index (χ0v) is 9.65. The number of amides is 1. The molecule has 0 N–H and O–H groups in total. The van der Waals surface area contributed by atoms with E-state index in [2.05, 4.69) is 0 Å². The van der Waals surface area contributed by atoms with Crippen LogP contribution in [0.1, 0.15) is 16.8 Å². The molecule has 0 aromatic heterocycles. The molecule has 0 atom stereocenters. The van der Waals surface area contributed by atoms with Gasteiger partial charge >= 0.3 is 0 Å². The standard InChI is InChI=1S/C13H14FNO2/c1-17-10-5-6-11(12(14)9-10)13(16)15-7-3-2-4-8-15/h2-3,5-6,9H,4,7-8H2,1H3. The second kappa shape index (κ2) is 4.99. The van der Waals surface area contributed by atoms with E-state index in [9.17, 15) is 9.18 Å². The van der Waals surface area contributed by atoms with Crippen LogP contribution < -0.4 is 4.74 Å². The molecule has 90 valence electrons. The van der Waals surface area contributed by atoms with E-state index in [1.807, 2.05) is 12.2 Å². The lowest BCUT2D eigenvalue weighted by Gasteiger charge is -2.23. The SMILES string of the molecule is COc1ccc(C(=O)N2CC=CCC2)c(F)c1. The highest BCUT2D eigenvalue weighted by Gasteiger charge is 2.19. The van der Waals surface area contributed by atoms with Crippen LogP contribution in [0.4, 0.5) is 4.39 Å². The molecule has 0 aliphatic carbocycles. The van der Waals surface area contributed by atoms with Crippen molar-refractivity contribution in [2.24, 2.45) is 0 Å². The van der Waals surface area contributed by atoms with Crippen molar-refractivity contribution >= 4 is 5.91 Å². The van der Waals surface area contributed by atoms with Crippen molar-refractivity contribution in [1.29, 1.82) is 0 Å². The number of hydrogen-bond donors (Lipinski definition) is 0. The fraction of sp³-hybridized carbons (Fsp3) is 0.308. The third-order valence-electron chi connectivity index (χ3n) is 2.75. The summed E-state index contributed by atoms with van der Waals surface area (Å²) < 4.78 is 18.6. The van der Waals surface area contributed by atoms with Crippen LogP contribution in [0.2, 0.25) is 0 Å². The highest BCUT2D eigenvalue weighted by Crippen LogP contribution is 2.18. The zero-order valence-electron chi connectivity index (χ0n) is 9.65. The average Bonchev–Trinajstić information content (AvgIpc) is 2.39. The van der Waals surface area contributed by atoms with Crippen molar-refractivity contribution in [3.63, 3.8) is 0 Å². The maximum absolute atomic E-state index is 13.7. The number of methoxy groups -OCH3 is 1. The van der Waals surface area contributed by atoms with Crippen LogP contribution in [0.15, 0.2) is 30.4 Å². The fourth-order valence-electron chi connectivity index (χ4n) is 1.79. The molecule has 0 radical (unpaired) electrons. The number of ether oxygens (including phenoxy) is 1. The molecule has 0 saturated carbocycles. The highest BCUT2D eigenvalue weighted by molar-refractivity contribution is 5.94. The Hall–Kier alpha value is -1.84. The molecule has 1 aliphatic rings. The van der Waals surface area contributed by atoms with Gasteiger partial charge < -0.3 is 9.64 Å². The fourth-order valence-corrected chi connectivity index (χ4v) is 1.79. The Morgan fingerprint density at radius 3 is 2.82 bits per heavy atom. The molecule has 0 fully saturated rings. The lowest BCUT2D eigenvalue weighted by atomic mass is 10.1. The molecular weight excluding hydrogens is 221 g/mol. The minimum atomic E-state index is -0.538. The number of halogens is 1. The summed E-state index contributed by atoms with van der Waals surface area (Å²) in [4.78, 5) is 13.7. The minimum Gasteiger partial charge on any atom is -0.497 e. The Morgan fingerprint density at radius 2 is 2.24 bits per heavy atom. The van der Waals surface area contributed by atoms with E-state index < -0.39 is 5.82 Å². The molecule has 0 spiro atoms. The van der Waals surface area contributed by atoms with E-state index in [0.29, 0.717) is 18.8 Å². The second-order valence-electron chi connectivity index (χ2n) is 3.86. The molecule has 1 heterocycles. The monoisotopic (exact) mass is 235 g/mol. The summed E-state index contributed by atoms with van der Waals surface area (Å²) >= 11 is 0. The van der Waals surface area contributed by atoms with E-state index in [0.717, 1.165) is 6.42 Å². The van der Waals surface area contributed by atoms with Crippen molar-refractivity contribution in [2.45, 2.75) is 6.42 Å². The smallest absolute Gasteiger partial charge is 0.257 e. The summed E-state index contributed by atoms with van der Waals surface area (Å²) in [5.74, 6) is -0.393. The Morgan fingerprint density at radius 1 is 1.41 bits per heavy atom. The zero-order chi connectivity index (χ0) is 12.3. The summed E-state index contributed by atoms with van der Waals surface area (Å²) in [5.41, 5.74) is 0.0982. The number of hydrogen-bond acceptors (Lipinski definition) is 2. The maximum Gasteiger partial charge on any atom is 0.257 e. The van der Waals surface area contributed by atoms with Crippen LogP contribution in [0.3, 0.4) is 0 Å². The van der Waals surface area contributed by atoms with Gasteiger partial charge in [0.25, 0.3) is 5.91 Å². The summed E-state index contributed by atoms with van der Waals surface area (Å²) in [6, 6.07) is 4.29. The van der Waals surface area contributed by atoms with Crippen LogP contribution >= 0.6 is 0 Å². The number of rotatable bonds is 2. The second-order valence-corrected chi connectivity index (χ2v) is 3.86. The van der Waals surface area contributed by atoms with Gasteiger partial charge in [-0.15, -0.1) is 0 Å². The third-order valence-corrected chi connectivity index (χ3v) is 2.75. The van der Waals surface area contributed by atoms with Gasteiger partial charge in [-0.2, -0.15) is 0 Å². The van der Waals surface area contributed by atoms with Gasteiger partial charge in [0.15, 0.2) is 0 Å². The molecule has 2 rings (SSSR count). The van der Waals surface area contributed by atoms with E-state index >= 15 is 0 Å². The van der Waals surface area contributed by atoms with Gasteiger partial charge in [0.2, 0.25) is 0 Å². The van der Waals surface area contributed by atoms with Gasteiger partial charge in [0, 0.05) is 19.2 Å². The van der Waals surface area contributed by atoms with Gasteiger partial charge in [0.1, 0.15) is 11.6 Å². The third kappa shape index (κ3) is 2.46. The summed E-state index contributed by atoms with van der Waals surface area (Å²) in [6.07, 6.45) is 4.76. The van der Waals surface area contributed by atoms with Crippen LogP contribution in [-0.4, -0.2) is 31.0 Å². The molecule has 0 unspecified atom stereocenters. The summed E-state index contributed by atoms with van der Waals surface area (Å²) in [6.45, 7) is 1.19. The van der Waals surface area contributed by atoms with Gasteiger partial charge in [-0.05, 0) is 18.6 Å². The number of carbonyl (C=O) groups excluding carboxylic acids is 1. The van der Waals surface area contributed by atoms with E-state index in [4.69, 9.17) is 4.74 Å². The molecule has 1 amide bonds. The Balaban J connectivity index is 2.21. The molecule has 1 aromatic rings. The minimum absolute atomic E-state index is 0.0982. The van der Waals surface area contributed by atoms with Gasteiger partial charge in [-0.3, -0.25) is 4.79 Å². The molecule has 0 saturated heterocycles. The molecule has 0 bridgehead atoms. The predicted molar refractivity (Wildman–Crippen MR) is 62.6 cm³/mol. The molecule has 1 aliphatic heterocycles. The normalized spacial score (nSPS) is 14.8. The van der Waals surface area contributed by atoms with Crippen molar-refractivity contribution < 1.29 is 13.9 Å². The van der Waals surface area contributed by atoms with Gasteiger partial charge in [-0.25, -0.2) is 4.39 Å². The average molecular weight is 235 g/mol. The molecule has 17 heavy (non-hydrogen) atoms. The van der Waals surface area contributed by atoms with Crippen LogP contribution in [0.25, 0.3) is 0 Å².